The molecule has 0 fully saturated rings. The summed E-state index contributed by atoms with van der Waals surface area (Å²) in [6.07, 6.45) is -0.0570. The first-order valence-corrected chi connectivity index (χ1v) is 13.1. The maximum absolute atomic E-state index is 11.4. The smallest absolute Gasteiger partial charge is 0.335 e. The molecule has 198 valence electrons. The summed E-state index contributed by atoms with van der Waals surface area (Å²) in [4.78, 5) is 11.4. The minimum absolute atomic E-state index is 0.193. The fourth-order valence-electron chi connectivity index (χ4n) is 4.91. The highest BCUT2D eigenvalue weighted by Gasteiger charge is 2.21. The first-order valence-electron chi connectivity index (χ1n) is 13.1. The molecule has 0 saturated carbocycles. The second kappa shape index (κ2) is 11.9. The van der Waals surface area contributed by atoms with Gasteiger partial charge in [-0.05, 0) is 78.8 Å². The predicted octanol–water partition coefficient (Wildman–Crippen LogP) is 6.56. The molecule has 0 amide bonds. The number of aliphatic hydroxyl groups is 1. The van der Waals surface area contributed by atoms with Gasteiger partial charge in [0.15, 0.2) is 0 Å². The Morgan fingerprint density at radius 3 is 2.39 bits per heavy atom. The molecule has 38 heavy (non-hydrogen) atoms. The van der Waals surface area contributed by atoms with Gasteiger partial charge in [-0.25, -0.2) is 4.79 Å². The SMILES string of the molecule is Cc1cc(-c2ccccc2[C@@H](C)OC[C@H](O)CNC(C)(C)Cc2ccc3ccccc3c2)ccc1C(=O)O. The van der Waals surface area contributed by atoms with Crippen molar-refractivity contribution in [1.29, 1.82) is 0 Å². The van der Waals surface area contributed by atoms with E-state index in [1.165, 1.54) is 16.3 Å². The van der Waals surface area contributed by atoms with E-state index in [9.17, 15) is 15.0 Å². The Balaban J connectivity index is 1.34. The number of hydrogen-bond donors (Lipinski definition) is 3. The van der Waals surface area contributed by atoms with Crippen molar-refractivity contribution in [2.75, 3.05) is 13.2 Å². The highest BCUT2D eigenvalue weighted by Crippen LogP contribution is 2.31. The summed E-state index contributed by atoms with van der Waals surface area (Å²) >= 11 is 0. The van der Waals surface area contributed by atoms with E-state index in [0.717, 1.165) is 23.1 Å². The summed E-state index contributed by atoms with van der Waals surface area (Å²) in [5, 5.41) is 26.0. The summed E-state index contributed by atoms with van der Waals surface area (Å²) in [6.45, 7) is 8.69. The van der Waals surface area contributed by atoms with Crippen molar-refractivity contribution in [3.63, 3.8) is 0 Å². The van der Waals surface area contributed by atoms with Crippen LogP contribution in [-0.4, -0.2) is 41.0 Å². The van der Waals surface area contributed by atoms with E-state index in [-0.39, 0.29) is 18.2 Å². The molecule has 0 aliphatic carbocycles. The van der Waals surface area contributed by atoms with Gasteiger partial charge in [0.05, 0.1) is 24.4 Å². The van der Waals surface area contributed by atoms with Gasteiger partial charge in [0, 0.05) is 12.1 Å². The Bertz CT molecular complexity index is 1410. The van der Waals surface area contributed by atoms with Crippen LogP contribution in [0.5, 0.6) is 0 Å². The topological polar surface area (TPSA) is 78.8 Å². The van der Waals surface area contributed by atoms with Gasteiger partial charge in [0.25, 0.3) is 0 Å². The standard InChI is InChI=1S/C33H37NO4/c1-22-17-27(15-16-29(22)32(36)37)31-12-8-7-11-30(31)23(2)38-21-28(35)20-34-33(3,4)19-24-13-14-25-9-5-6-10-26(25)18-24/h5-18,23,28,34-35H,19-21H2,1-4H3,(H,36,37)/t23-,28-/m1/s1. The number of carboxylic acid groups (broad SMARTS) is 1. The molecule has 5 heteroatoms. The third-order valence-electron chi connectivity index (χ3n) is 6.98. The number of β-amino-alcohol motifs (C(OH)–C–C–N with tert-alkyl or cyclic N) is 1. The molecule has 4 aromatic rings. The molecule has 4 rings (SSSR count). The number of nitrogens with one attached hydrogen (secondary N) is 1. The maximum atomic E-state index is 11.4. The maximum Gasteiger partial charge on any atom is 0.335 e. The van der Waals surface area contributed by atoms with Crippen LogP contribution in [0.3, 0.4) is 0 Å². The van der Waals surface area contributed by atoms with E-state index < -0.39 is 12.1 Å². The Morgan fingerprint density at radius 1 is 0.947 bits per heavy atom. The number of ether oxygens (including phenoxy) is 1. The lowest BCUT2D eigenvalue weighted by molar-refractivity contribution is -0.00397. The number of rotatable bonds is 11. The second-order valence-electron chi connectivity index (χ2n) is 10.7. The number of hydrogen-bond acceptors (Lipinski definition) is 4. The number of aliphatic hydroxyl groups excluding tert-OH is 1. The molecule has 0 aliphatic rings. The summed E-state index contributed by atoms with van der Waals surface area (Å²) in [7, 11) is 0. The Morgan fingerprint density at radius 2 is 1.66 bits per heavy atom. The number of aromatic carboxylic acids is 1. The molecule has 0 saturated heterocycles. The van der Waals surface area contributed by atoms with Crippen molar-refractivity contribution in [2.24, 2.45) is 0 Å². The lowest BCUT2D eigenvalue weighted by Gasteiger charge is -2.28. The Hall–Kier alpha value is -3.51. The lowest BCUT2D eigenvalue weighted by Crippen LogP contribution is -2.46. The van der Waals surface area contributed by atoms with Gasteiger partial charge in [-0.3, -0.25) is 0 Å². The highest BCUT2D eigenvalue weighted by atomic mass is 16.5. The average Bonchev–Trinajstić information content (AvgIpc) is 2.90. The normalized spacial score (nSPS) is 13.4. The summed E-state index contributed by atoms with van der Waals surface area (Å²) in [6, 6.07) is 28.2. The predicted molar refractivity (Wildman–Crippen MR) is 154 cm³/mol. The molecular weight excluding hydrogens is 474 g/mol. The van der Waals surface area contributed by atoms with Crippen molar-refractivity contribution >= 4 is 16.7 Å². The van der Waals surface area contributed by atoms with Crippen LogP contribution in [0.4, 0.5) is 0 Å². The van der Waals surface area contributed by atoms with Crippen LogP contribution in [0.1, 0.15) is 53.9 Å². The Labute approximate surface area is 225 Å². The zero-order valence-corrected chi connectivity index (χ0v) is 22.6. The van der Waals surface area contributed by atoms with Crippen LogP contribution >= 0.6 is 0 Å². The molecule has 0 heterocycles. The van der Waals surface area contributed by atoms with Gasteiger partial charge in [0.1, 0.15) is 0 Å². The van der Waals surface area contributed by atoms with E-state index in [0.29, 0.717) is 17.7 Å². The van der Waals surface area contributed by atoms with Gasteiger partial charge in [0.2, 0.25) is 0 Å². The number of fused-ring (bicyclic) bond motifs is 1. The van der Waals surface area contributed by atoms with Crippen molar-refractivity contribution in [3.8, 4) is 11.1 Å². The number of benzene rings is 4. The summed E-state index contributed by atoms with van der Waals surface area (Å²) in [5.41, 5.74) is 5.00. The van der Waals surface area contributed by atoms with Crippen LogP contribution in [0.25, 0.3) is 21.9 Å². The van der Waals surface area contributed by atoms with Crippen LogP contribution in [0.15, 0.2) is 84.9 Å². The first kappa shape index (κ1) is 27.5. The fraction of sp³-hybridized carbons (Fsp3) is 0.303. The third kappa shape index (κ3) is 6.87. The van der Waals surface area contributed by atoms with Crippen molar-refractivity contribution in [3.05, 3.63) is 107 Å². The highest BCUT2D eigenvalue weighted by molar-refractivity contribution is 5.90. The minimum Gasteiger partial charge on any atom is -0.478 e. The number of aryl methyl sites for hydroxylation is 1. The van der Waals surface area contributed by atoms with Gasteiger partial charge in [-0.1, -0.05) is 78.9 Å². The minimum atomic E-state index is -0.929. The first-order chi connectivity index (χ1) is 18.1. The largest absolute Gasteiger partial charge is 0.478 e. The molecule has 0 unspecified atom stereocenters. The summed E-state index contributed by atoms with van der Waals surface area (Å²) < 4.78 is 6.09. The van der Waals surface area contributed by atoms with E-state index >= 15 is 0 Å². The van der Waals surface area contributed by atoms with E-state index in [1.807, 2.05) is 43.3 Å². The molecule has 0 bridgehead atoms. The van der Waals surface area contributed by atoms with Gasteiger partial charge in [-0.15, -0.1) is 0 Å². The van der Waals surface area contributed by atoms with Gasteiger partial charge < -0.3 is 20.3 Å². The van der Waals surface area contributed by atoms with Crippen molar-refractivity contribution in [2.45, 2.75) is 51.9 Å². The van der Waals surface area contributed by atoms with Crippen LogP contribution in [0.2, 0.25) is 0 Å². The zero-order chi connectivity index (χ0) is 27.3. The van der Waals surface area contributed by atoms with Crippen LogP contribution in [0, 0.1) is 6.92 Å². The van der Waals surface area contributed by atoms with E-state index in [1.54, 1.807) is 13.0 Å². The molecule has 2 atom stereocenters. The van der Waals surface area contributed by atoms with E-state index in [4.69, 9.17) is 4.74 Å². The molecule has 3 N–H and O–H groups in total. The molecule has 4 aromatic carbocycles. The number of carbonyl (C=O) groups is 1. The zero-order valence-electron chi connectivity index (χ0n) is 22.6. The quantitative estimate of drug-likeness (QED) is 0.212. The van der Waals surface area contributed by atoms with Crippen molar-refractivity contribution in [1.82, 2.24) is 5.32 Å². The third-order valence-corrected chi connectivity index (χ3v) is 6.98. The van der Waals surface area contributed by atoms with Crippen molar-refractivity contribution < 1.29 is 19.7 Å². The molecule has 0 radical (unpaired) electrons. The molecule has 0 spiro atoms. The van der Waals surface area contributed by atoms with Gasteiger partial charge in [-0.2, -0.15) is 0 Å². The summed E-state index contributed by atoms with van der Waals surface area (Å²) in [5.74, 6) is -0.929. The number of carboxylic acids is 1. The second-order valence-corrected chi connectivity index (χ2v) is 10.7. The monoisotopic (exact) mass is 511 g/mol. The van der Waals surface area contributed by atoms with Crippen LogP contribution < -0.4 is 5.32 Å². The average molecular weight is 512 g/mol. The lowest BCUT2D eigenvalue weighted by atomic mass is 9.93. The van der Waals surface area contributed by atoms with E-state index in [2.05, 4.69) is 61.6 Å². The van der Waals surface area contributed by atoms with Crippen LogP contribution in [-0.2, 0) is 11.2 Å². The van der Waals surface area contributed by atoms with Gasteiger partial charge >= 0.3 is 5.97 Å². The fourth-order valence-corrected chi connectivity index (χ4v) is 4.91. The Kier molecular flexibility index (Phi) is 8.62. The molecule has 0 aliphatic heterocycles. The molecular formula is C33H37NO4. The molecule has 0 aromatic heterocycles. The molecule has 5 nitrogen and oxygen atoms in total.